The molecule has 2 rings (SSSR count). The van der Waals surface area contributed by atoms with E-state index in [1.165, 1.54) is 27.4 Å². The highest BCUT2D eigenvalue weighted by molar-refractivity contribution is 5.92. The Balaban J connectivity index is 2.01. The van der Waals surface area contributed by atoms with E-state index < -0.39 is 0 Å². The SMILES string of the molecule is COc1cc(C=CC(=O)NCc2cccc(NC(=O)C(C)C)c2)cc(OC)c1OC. The van der Waals surface area contributed by atoms with E-state index in [9.17, 15) is 9.59 Å². The molecule has 2 amide bonds. The first-order chi connectivity index (χ1) is 14.4. The van der Waals surface area contributed by atoms with E-state index in [0.29, 0.717) is 29.5 Å². The lowest BCUT2D eigenvalue weighted by Gasteiger charge is -2.12. The van der Waals surface area contributed by atoms with Gasteiger partial charge in [0.2, 0.25) is 17.6 Å². The van der Waals surface area contributed by atoms with Crippen molar-refractivity contribution in [1.29, 1.82) is 0 Å². The molecular weight excluding hydrogens is 384 g/mol. The summed E-state index contributed by atoms with van der Waals surface area (Å²) < 4.78 is 15.9. The summed E-state index contributed by atoms with van der Waals surface area (Å²) >= 11 is 0. The van der Waals surface area contributed by atoms with Gasteiger partial charge in [-0.05, 0) is 41.5 Å². The van der Waals surface area contributed by atoms with Crippen molar-refractivity contribution in [2.45, 2.75) is 20.4 Å². The third-order valence-electron chi connectivity index (χ3n) is 4.30. The second-order valence-electron chi connectivity index (χ2n) is 6.85. The molecule has 2 N–H and O–H groups in total. The molecule has 0 saturated heterocycles. The van der Waals surface area contributed by atoms with Crippen molar-refractivity contribution in [3.05, 3.63) is 53.6 Å². The lowest BCUT2D eigenvalue weighted by atomic mass is 10.1. The van der Waals surface area contributed by atoms with Gasteiger partial charge in [0, 0.05) is 24.2 Å². The van der Waals surface area contributed by atoms with Crippen LogP contribution in [0.2, 0.25) is 0 Å². The highest BCUT2D eigenvalue weighted by atomic mass is 16.5. The van der Waals surface area contributed by atoms with Crippen LogP contribution in [0, 0.1) is 5.92 Å². The minimum Gasteiger partial charge on any atom is -0.493 e. The second kappa shape index (κ2) is 10.9. The van der Waals surface area contributed by atoms with E-state index in [1.807, 2.05) is 38.1 Å². The van der Waals surface area contributed by atoms with Crippen molar-refractivity contribution >= 4 is 23.6 Å². The third-order valence-corrected chi connectivity index (χ3v) is 4.30. The fourth-order valence-corrected chi connectivity index (χ4v) is 2.66. The predicted octanol–water partition coefficient (Wildman–Crippen LogP) is 3.64. The number of methoxy groups -OCH3 is 3. The molecule has 0 aliphatic heterocycles. The number of rotatable bonds is 9. The van der Waals surface area contributed by atoms with Crippen LogP contribution >= 0.6 is 0 Å². The average molecular weight is 412 g/mol. The Morgan fingerprint density at radius 2 is 1.67 bits per heavy atom. The molecule has 0 unspecified atom stereocenters. The lowest BCUT2D eigenvalue weighted by Crippen LogP contribution is -2.21. The zero-order valence-electron chi connectivity index (χ0n) is 17.9. The van der Waals surface area contributed by atoms with Gasteiger partial charge in [0.1, 0.15) is 0 Å². The summed E-state index contributed by atoms with van der Waals surface area (Å²) in [6, 6.07) is 10.9. The van der Waals surface area contributed by atoms with E-state index in [1.54, 1.807) is 18.2 Å². The number of hydrogen-bond donors (Lipinski definition) is 2. The first-order valence-electron chi connectivity index (χ1n) is 9.53. The summed E-state index contributed by atoms with van der Waals surface area (Å²) in [4.78, 5) is 24.0. The number of anilines is 1. The number of benzene rings is 2. The van der Waals surface area contributed by atoms with Crippen LogP contribution in [-0.2, 0) is 16.1 Å². The molecule has 30 heavy (non-hydrogen) atoms. The summed E-state index contributed by atoms with van der Waals surface area (Å²) in [5.41, 5.74) is 2.32. The molecule has 0 aliphatic carbocycles. The molecule has 7 heteroatoms. The summed E-state index contributed by atoms with van der Waals surface area (Å²) in [7, 11) is 4.61. The summed E-state index contributed by atoms with van der Waals surface area (Å²) in [6.45, 7) is 4.00. The Morgan fingerprint density at radius 3 is 2.23 bits per heavy atom. The van der Waals surface area contributed by atoms with Gasteiger partial charge in [-0.15, -0.1) is 0 Å². The molecule has 0 spiro atoms. The molecule has 160 valence electrons. The van der Waals surface area contributed by atoms with Crippen molar-refractivity contribution in [2.24, 2.45) is 5.92 Å². The zero-order chi connectivity index (χ0) is 22.1. The molecule has 0 aliphatic rings. The second-order valence-corrected chi connectivity index (χ2v) is 6.85. The van der Waals surface area contributed by atoms with Crippen LogP contribution in [-0.4, -0.2) is 33.1 Å². The smallest absolute Gasteiger partial charge is 0.244 e. The maximum absolute atomic E-state index is 12.2. The van der Waals surface area contributed by atoms with Gasteiger partial charge in [-0.2, -0.15) is 0 Å². The molecule has 0 saturated carbocycles. The van der Waals surface area contributed by atoms with Gasteiger partial charge in [-0.1, -0.05) is 26.0 Å². The van der Waals surface area contributed by atoms with Gasteiger partial charge in [0.05, 0.1) is 21.3 Å². The van der Waals surface area contributed by atoms with Crippen LogP contribution in [0.15, 0.2) is 42.5 Å². The Labute approximate surface area is 177 Å². The van der Waals surface area contributed by atoms with Crippen LogP contribution in [0.25, 0.3) is 6.08 Å². The fourth-order valence-electron chi connectivity index (χ4n) is 2.66. The van der Waals surface area contributed by atoms with Gasteiger partial charge < -0.3 is 24.8 Å². The fraction of sp³-hybridized carbons (Fsp3) is 0.304. The van der Waals surface area contributed by atoms with Crippen molar-refractivity contribution in [2.75, 3.05) is 26.6 Å². The molecule has 0 atom stereocenters. The van der Waals surface area contributed by atoms with E-state index >= 15 is 0 Å². The first-order valence-corrected chi connectivity index (χ1v) is 9.53. The van der Waals surface area contributed by atoms with Crippen LogP contribution < -0.4 is 24.8 Å². The minimum absolute atomic E-state index is 0.0514. The molecule has 0 heterocycles. The Bertz CT molecular complexity index is 897. The number of amides is 2. The van der Waals surface area contributed by atoms with Crippen molar-refractivity contribution in [1.82, 2.24) is 5.32 Å². The largest absolute Gasteiger partial charge is 0.493 e. The van der Waals surface area contributed by atoms with Crippen LogP contribution in [0.4, 0.5) is 5.69 Å². The quantitative estimate of drug-likeness (QED) is 0.614. The van der Waals surface area contributed by atoms with Crippen molar-refractivity contribution in [3.8, 4) is 17.2 Å². The molecule has 7 nitrogen and oxygen atoms in total. The topological polar surface area (TPSA) is 85.9 Å². The normalized spacial score (nSPS) is 10.7. The van der Waals surface area contributed by atoms with E-state index in [2.05, 4.69) is 10.6 Å². The van der Waals surface area contributed by atoms with E-state index in [-0.39, 0.29) is 17.7 Å². The average Bonchev–Trinajstić information content (AvgIpc) is 2.75. The number of ether oxygens (including phenoxy) is 3. The Kier molecular flexibility index (Phi) is 8.29. The van der Waals surface area contributed by atoms with Gasteiger partial charge in [-0.3, -0.25) is 9.59 Å². The Hall–Kier alpha value is -3.48. The zero-order valence-corrected chi connectivity index (χ0v) is 17.9. The van der Waals surface area contributed by atoms with Gasteiger partial charge >= 0.3 is 0 Å². The molecule has 2 aromatic rings. The van der Waals surface area contributed by atoms with Crippen LogP contribution in [0.5, 0.6) is 17.2 Å². The molecular formula is C23H28N2O5. The number of carbonyl (C=O) groups is 2. The summed E-state index contributed by atoms with van der Waals surface area (Å²) in [5, 5.41) is 5.67. The highest BCUT2D eigenvalue weighted by Gasteiger charge is 2.12. The minimum atomic E-state index is -0.250. The van der Waals surface area contributed by atoms with E-state index in [0.717, 1.165) is 11.1 Å². The molecule has 0 radical (unpaired) electrons. The third kappa shape index (κ3) is 6.27. The summed E-state index contributed by atoms with van der Waals surface area (Å²) in [5.74, 6) is 1.11. The maximum atomic E-state index is 12.2. The molecule has 0 aromatic heterocycles. The first kappa shape index (κ1) is 22.8. The maximum Gasteiger partial charge on any atom is 0.244 e. The van der Waals surface area contributed by atoms with Crippen molar-refractivity contribution in [3.63, 3.8) is 0 Å². The van der Waals surface area contributed by atoms with E-state index in [4.69, 9.17) is 14.2 Å². The van der Waals surface area contributed by atoms with Crippen molar-refractivity contribution < 1.29 is 23.8 Å². The molecule has 2 aromatic carbocycles. The van der Waals surface area contributed by atoms with Crippen LogP contribution in [0.1, 0.15) is 25.0 Å². The summed E-state index contributed by atoms with van der Waals surface area (Å²) in [6.07, 6.45) is 3.10. The number of nitrogens with one attached hydrogen (secondary N) is 2. The number of carbonyl (C=O) groups excluding carboxylic acids is 2. The predicted molar refractivity (Wildman–Crippen MR) is 117 cm³/mol. The van der Waals surface area contributed by atoms with Gasteiger partial charge in [0.25, 0.3) is 0 Å². The monoisotopic (exact) mass is 412 g/mol. The Morgan fingerprint density at radius 1 is 1.00 bits per heavy atom. The highest BCUT2D eigenvalue weighted by Crippen LogP contribution is 2.38. The molecule has 0 bridgehead atoms. The van der Waals surface area contributed by atoms with Gasteiger partial charge in [0.15, 0.2) is 11.5 Å². The lowest BCUT2D eigenvalue weighted by molar-refractivity contribution is -0.119. The molecule has 0 fully saturated rings. The number of hydrogen-bond acceptors (Lipinski definition) is 5. The van der Waals surface area contributed by atoms with Crippen LogP contribution in [0.3, 0.4) is 0 Å². The standard InChI is InChI=1S/C23H28N2O5/c1-15(2)23(27)25-18-8-6-7-17(11-18)14-24-21(26)10-9-16-12-19(28-3)22(30-5)20(13-16)29-4/h6-13,15H,14H2,1-5H3,(H,24,26)(H,25,27). The van der Waals surface area contributed by atoms with Gasteiger partial charge in [-0.25, -0.2) is 0 Å².